The van der Waals surface area contributed by atoms with Gasteiger partial charge in [0.15, 0.2) is 11.6 Å². The van der Waals surface area contributed by atoms with Gasteiger partial charge in [-0.2, -0.15) is 0 Å². The van der Waals surface area contributed by atoms with Gasteiger partial charge in [0, 0.05) is 12.3 Å². The van der Waals surface area contributed by atoms with E-state index >= 15 is 0 Å². The fraction of sp³-hybridized carbons (Fsp3) is 0.200. The smallest absolute Gasteiger partial charge is 0.250 e. The lowest BCUT2D eigenvalue weighted by atomic mass is 10.1. The van der Waals surface area contributed by atoms with Crippen molar-refractivity contribution < 1.29 is 13.6 Å². The maximum atomic E-state index is 13.1. The van der Waals surface area contributed by atoms with Crippen LogP contribution in [0.5, 0.6) is 0 Å². The molecule has 0 spiro atoms. The molecule has 0 radical (unpaired) electrons. The summed E-state index contributed by atoms with van der Waals surface area (Å²) in [4.78, 5) is 23.3. The van der Waals surface area contributed by atoms with E-state index in [1.165, 1.54) is 22.9 Å². The molecule has 6 heteroatoms. The Balaban J connectivity index is 2.04. The lowest BCUT2D eigenvalue weighted by Gasteiger charge is -2.15. The number of aromatic nitrogens is 1. The SMILES string of the molecule is CC(NC(=O)Cn1ccccc1=O)c1ccc(F)c(F)c1. The second-order valence-corrected chi connectivity index (χ2v) is 4.63. The van der Waals surface area contributed by atoms with Crippen molar-refractivity contribution in [1.29, 1.82) is 0 Å². The first-order valence-electron chi connectivity index (χ1n) is 6.37. The highest BCUT2D eigenvalue weighted by atomic mass is 19.2. The molecule has 0 bridgehead atoms. The number of nitrogens with zero attached hydrogens (tertiary/aromatic N) is 1. The number of amides is 1. The van der Waals surface area contributed by atoms with Gasteiger partial charge in [-0.25, -0.2) is 8.78 Å². The summed E-state index contributed by atoms with van der Waals surface area (Å²) in [6, 6.07) is 7.54. The number of halogens is 2. The minimum Gasteiger partial charge on any atom is -0.348 e. The van der Waals surface area contributed by atoms with Crippen LogP contribution in [0.4, 0.5) is 8.78 Å². The summed E-state index contributed by atoms with van der Waals surface area (Å²) < 4.78 is 27.3. The summed E-state index contributed by atoms with van der Waals surface area (Å²) in [5.74, 6) is -2.29. The lowest BCUT2D eigenvalue weighted by Crippen LogP contribution is -2.33. The zero-order valence-corrected chi connectivity index (χ0v) is 11.3. The molecule has 110 valence electrons. The highest BCUT2D eigenvalue weighted by Crippen LogP contribution is 2.15. The molecule has 1 amide bonds. The topological polar surface area (TPSA) is 51.1 Å². The van der Waals surface area contributed by atoms with Gasteiger partial charge in [0.05, 0.1) is 6.04 Å². The van der Waals surface area contributed by atoms with Gasteiger partial charge in [-0.3, -0.25) is 9.59 Å². The number of hydrogen-bond acceptors (Lipinski definition) is 2. The summed E-state index contributed by atoms with van der Waals surface area (Å²) >= 11 is 0. The summed E-state index contributed by atoms with van der Waals surface area (Å²) in [7, 11) is 0. The van der Waals surface area contributed by atoms with Crippen molar-refractivity contribution in [2.24, 2.45) is 0 Å². The maximum absolute atomic E-state index is 13.1. The molecule has 2 aromatic rings. The van der Waals surface area contributed by atoms with E-state index < -0.39 is 17.7 Å². The first-order valence-corrected chi connectivity index (χ1v) is 6.37. The highest BCUT2D eigenvalue weighted by Gasteiger charge is 2.12. The van der Waals surface area contributed by atoms with Gasteiger partial charge >= 0.3 is 0 Å². The Bertz CT molecular complexity index is 713. The number of nitrogens with one attached hydrogen (secondary N) is 1. The molecule has 4 nitrogen and oxygen atoms in total. The lowest BCUT2D eigenvalue weighted by molar-refractivity contribution is -0.122. The van der Waals surface area contributed by atoms with E-state index in [4.69, 9.17) is 0 Å². The Morgan fingerprint density at radius 3 is 2.67 bits per heavy atom. The number of benzene rings is 1. The molecule has 0 fully saturated rings. The van der Waals surface area contributed by atoms with Crippen molar-refractivity contribution in [2.45, 2.75) is 19.5 Å². The van der Waals surface area contributed by atoms with Crippen molar-refractivity contribution >= 4 is 5.91 Å². The minimum absolute atomic E-state index is 0.131. The zero-order valence-electron chi connectivity index (χ0n) is 11.3. The molecule has 0 saturated carbocycles. The second-order valence-electron chi connectivity index (χ2n) is 4.63. The molecule has 0 saturated heterocycles. The third kappa shape index (κ3) is 3.75. The largest absolute Gasteiger partial charge is 0.348 e. The van der Waals surface area contributed by atoms with Crippen molar-refractivity contribution in [2.75, 3.05) is 0 Å². The van der Waals surface area contributed by atoms with Crippen LogP contribution in [0.25, 0.3) is 0 Å². The van der Waals surface area contributed by atoms with Crippen LogP contribution in [0.1, 0.15) is 18.5 Å². The molecule has 1 unspecified atom stereocenters. The van der Waals surface area contributed by atoms with E-state index in [2.05, 4.69) is 5.32 Å². The van der Waals surface area contributed by atoms with Crippen molar-refractivity contribution in [1.82, 2.24) is 9.88 Å². The minimum atomic E-state index is -0.965. The number of rotatable bonds is 4. The van der Waals surface area contributed by atoms with Crippen LogP contribution >= 0.6 is 0 Å². The Kier molecular flexibility index (Phi) is 4.47. The Morgan fingerprint density at radius 2 is 2.00 bits per heavy atom. The van der Waals surface area contributed by atoms with Crippen LogP contribution in [0.2, 0.25) is 0 Å². The fourth-order valence-electron chi connectivity index (χ4n) is 1.90. The molecule has 21 heavy (non-hydrogen) atoms. The second kappa shape index (κ2) is 6.30. The van der Waals surface area contributed by atoms with Crippen LogP contribution < -0.4 is 10.9 Å². The predicted octanol–water partition coefficient (Wildman–Crippen LogP) is 2.00. The first kappa shape index (κ1) is 14.9. The van der Waals surface area contributed by atoms with E-state index in [1.807, 2.05) is 0 Å². The van der Waals surface area contributed by atoms with Gasteiger partial charge in [0.2, 0.25) is 5.91 Å². The van der Waals surface area contributed by atoms with Gasteiger partial charge in [-0.15, -0.1) is 0 Å². The first-order chi connectivity index (χ1) is 9.97. The monoisotopic (exact) mass is 292 g/mol. The van der Waals surface area contributed by atoms with Gasteiger partial charge in [0.1, 0.15) is 6.54 Å². The number of pyridine rings is 1. The Hall–Kier alpha value is -2.50. The van der Waals surface area contributed by atoms with Crippen molar-refractivity contribution in [3.05, 3.63) is 70.1 Å². The molecule has 2 rings (SSSR count). The summed E-state index contributed by atoms with van der Waals surface area (Å²) in [5.41, 5.74) is 0.163. The van der Waals surface area contributed by atoms with E-state index in [9.17, 15) is 18.4 Å². The molecular weight excluding hydrogens is 278 g/mol. The standard InChI is InChI=1S/C15H14F2N2O2/c1-10(11-5-6-12(16)13(17)8-11)18-14(20)9-19-7-3-2-4-15(19)21/h2-8,10H,9H2,1H3,(H,18,20). The van der Waals surface area contributed by atoms with Crippen LogP contribution in [0.15, 0.2) is 47.4 Å². The summed E-state index contributed by atoms with van der Waals surface area (Å²) in [6.45, 7) is 1.52. The van der Waals surface area contributed by atoms with Gasteiger partial charge in [0.25, 0.3) is 5.56 Å². The summed E-state index contributed by atoms with van der Waals surface area (Å²) in [5, 5.41) is 2.63. The van der Waals surface area contributed by atoms with Gasteiger partial charge in [-0.05, 0) is 30.7 Å². The quantitative estimate of drug-likeness (QED) is 0.937. The number of carbonyl (C=O) groups excluding carboxylic acids is 1. The molecule has 0 aliphatic heterocycles. The summed E-state index contributed by atoms with van der Waals surface area (Å²) in [6.07, 6.45) is 1.50. The molecular formula is C15H14F2N2O2. The van der Waals surface area contributed by atoms with Gasteiger partial charge < -0.3 is 9.88 Å². The van der Waals surface area contributed by atoms with Crippen molar-refractivity contribution in [3.63, 3.8) is 0 Å². The Labute approximate surface area is 120 Å². The van der Waals surface area contributed by atoms with E-state index in [0.29, 0.717) is 5.56 Å². The molecule has 1 heterocycles. The van der Waals surface area contributed by atoms with E-state index in [-0.39, 0.29) is 18.0 Å². The molecule has 1 atom stereocenters. The van der Waals surface area contributed by atoms with E-state index in [1.54, 1.807) is 19.1 Å². The van der Waals surface area contributed by atoms with Crippen LogP contribution in [-0.2, 0) is 11.3 Å². The fourth-order valence-corrected chi connectivity index (χ4v) is 1.90. The average molecular weight is 292 g/mol. The predicted molar refractivity (Wildman–Crippen MR) is 73.6 cm³/mol. The van der Waals surface area contributed by atoms with Crippen molar-refractivity contribution in [3.8, 4) is 0 Å². The Morgan fingerprint density at radius 1 is 1.24 bits per heavy atom. The van der Waals surface area contributed by atoms with Crippen LogP contribution in [-0.4, -0.2) is 10.5 Å². The molecule has 1 aromatic heterocycles. The molecule has 1 aromatic carbocycles. The zero-order chi connectivity index (χ0) is 15.4. The third-order valence-electron chi connectivity index (χ3n) is 3.03. The van der Waals surface area contributed by atoms with Crippen LogP contribution in [0.3, 0.4) is 0 Å². The third-order valence-corrected chi connectivity index (χ3v) is 3.03. The molecule has 1 N–H and O–H groups in total. The number of carbonyl (C=O) groups is 1. The van der Waals surface area contributed by atoms with Gasteiger partial charge in [-0.1, -0.05) is 12.1 Å². The maximum Gasteiger partial charge on any atom is 0.250 e. The normalized spacial score (nSPS) is 12.0. The molecule has 0 aliphatic carbocycles. The molecule has 0 aliphatic rings. The highest BCUT2D eigenvalue weighted by molar-refractivity contribution is 5.76. The number of hydrogen-bond donors (Lipinski definition) is 1. The van der Waals surface area contributed by atoms with Crippen LogP contribution in [0, 0.1) is 11.6 Å². The van der Waals surface area contributed by atoms with E-state index in [0.717, 1.165) is 12.1 Å². The average Bonchev–Trinajstić information content (AvgIpc) is 2.44.